The standard InChI is InChI=1S/C12H16OS/c1-4-10-5-6-12(14-3)8-11(10)7-9(2)13/h5-6,8H,4,7H2,1-3H3. The van der Waals surface area contributed by atoms with Gasteiger partial charge in [-0.2, -0.15) is 0 Å². The summed E-state index contributed by atoms with van der Waals surface area (Å²) in [6, 6.07) is 6.38. The van der Waals surface area contributed by atoms with Crippen LogP contribution in [0.3, 0.4) is 0 Å². The average molecular weight is 208 g/mol. The number of carbonyl (C=O) groups is 1. The summed E-state index contributed by atoms with van der Waals surface area (Å²) in [6.45, 7) is 3.77. The van der Waals surface area contributed by atoms with Crippen molar-refractivity contribution in [2.75, 3.05) is 6.26 Å². The number of hydrogen-bond donors (Lipinski definition) is 0. The minimum absolute atomic E-state index is 0.234. The first-order valence-corrected chi connectivity index (χ1v) is 6.05. The number of ketones is 1. The summed E-state index contributed by atoms with van der Waals surface area (Å²) in [7, 11) is 0. The molecule has 1 nitrogen and oxygen atoms in total. The molecule has 0 unspecified atom stereocenters. The van der Waals surface area contributed by atoms with E-state index in [1.165, 1.54) is 16.0 Å². The van der Waals surface area contributed by atoms with Crippen molar-refractivity contribution >= 4 is 17.5 Å². The highest BCUT2D eigenvalue weighted by Crippen LogP contribution is 2.20. The zero-order chi connectivity index (χ0) is 10.6. The first-order chi connectivity index (χ1) is 6.67. The highest BCUT2D eigenvalue weighted by atomic mass is 32.2. The van der Waals surface area contributed by atoms with Gasteiger partial charge >= 0.3 is 0 Å². The molecule has 0 atom stereocenters. The largest absolute Gasteiger partial charge is 0.300 e. The molecule has 0 radical (unpaired) electrons. The number of carbonyl (C=O) groups excluding carboxylic acids is 1. The Bertz CT molecular complexity index is 331. The topological polar surface area (TPSA) is 17.1 Å². The number of rotatable bonds is 4. The second kappa shape index (κ2) is 5.20. The van der Waals surface area contributed by atoms with Crippen LogP contribution in [0.15, 0.2) is 23.1 Å². The molecule has 0 saturated heterocycles. The Morgan fingerprint density at radius 3 is 2.57 bits per heavy atom. The minimum Gasteiger partial charge on any atom is -0.300 e. The Labute approximate surface area is 89.9 Å². The Hall–Kier alpha value is -0.760. The smallest absolute Gasteiger partial charge is 0.134 e. The molecule has 0 amide bonds. The van der Waals surface area contributed by atoms with Gasteiger partial charge in [0.2, 0.25) is 0 Å². The van der Waals surface area contributed by atoms with Crippen molar-refractivity contribution in [3.05, 3.63) is 29.3 Å². The quantitative estimate of drug-likeness (QED) is 0.707. The van der Waals surface area contributed by atoms with E-state index in [9.17, 15) is 4.79 Å². The van der Waals surface area contributed by atoms with Gasteiger partial charge in [-0.3, -0.25) is 4.79 Å². The summed E-state index contributed by atoms with van der Waals surface area (Å²) < 4.78 is 0. The van der Waals surface area contributed by atoms with Crippen LogP contribution in [0.5, 0.6) is 0 Å². The summed E-state index contributed by atoms with van der Waals surface area (Å²) in [5.41, 5.74) is 2.48. The van der Waals surface area contributed by atoms with E-state index in [0.717, 1.165) is 6.42 Å². The fraction of sp³-hybridized carbons (Fsp3) is 0.417. The van der Waals surface area contributed by atoms with Crippen molar-refractivity contribution in [2.45, 2.75) is 31.6 Å². The van der Waals surface area contributed by atoms with Crippen LogP contribution in [0.1, 0.15) is 25.0 Å². The van der Waals surface area contributed by atoms with Gasteiger partial charge in [-0.15, -0.1) is 11.8 Å². The molecule has 0 saturated carbocycles. The van der Waals surface area contributed by atoms with Crippen LogP contribution in [0.4, 0.5) is 0 Å². The Morgan fingerprint density at radius 1 is 1.36 bits per heavy atom. The van der Waals surface area contributed by atoms with E-state index in [2.05, 4.69) is 31.4 Å². The molecule has 0 aliphatic heterocycles. The molecule has 1 aromatic carbocycles. The fourth-order valence-electron chi connectivity index (χ4n) is 1.51. The highest BCUT2D eigenvalue weighted by molar-refractivity contribution is 7.98. The highest BCUT2D eigenvalue weighted by Gasteiger charge is 2.04. The minimum atomic E-state index is 0.234. The third-order valence-corrected chi connectivity index (χ3v) is 2.96. The lowest BCUT2D eigenvalue weighted by Crippen LogP contribution is -2.00. The zero-order valence-electron chi connectivity index (χ0n) is 8.96. The zero-order valence-corrected chi connectivity index (χ0v) is 9.78. The molecule has 0 aliphatic carbocycles. The first kappa shape index (κ1) is 11.3. The maximum Gasteiger partial charge on any atom is 0.134 e. The molecule has 0 fully saturated rings. The van der Waals surface area contributed by atoms with E-state index >= 15 is 0 Å². The maximum absolute atomic E-state index is 11.1. The van der Waals surface area contributed by atoms with Crippen molar-refractivity contribution in [3.63, 3.8) is 0 Å². The van der Waals surface area contributed by atoms with E-state index in [1.807, 2.05) is 0 Å². The second-order valence-corrected chi connectivity index (χ2v) is 4.25. The predicted molar refractivity (Wildman–Crippen MR) is 62.0 cm³/mol. The first-order valence-electron chi connectivity index (χ1n) is 4.82. The van der Waals surface area contributed by atoms with Crippen LogP contribution in [0.2, 0.25) is 0 Å². The molecule has 0 N–H and O–H groups in total. The fourth-order valence-corrected chi connectivity index (χ4v) is 1.97. The molecule has 2 heteroatoms. The lowest BCUT2D eigenvalue weighted by molar-refractivity contribution is -0.116. The molecule has 0 aromatic heterocycles. The molecule has 0 spiro atoms. The molecule has 0 aliphatic rings. The number of hydrogen-bond acceptors (Lipinski definition) is 2. The van der Waals surface area contributed by atoms with Gasteiger partial charge in [0.05, 0.1) is 0 Å². The van der Waals surface area contributed by atoms with Crippen molar-refractivity contribution in [2.24, 2.45) is 0 Å². The summed E-state index contributed by atoms with van der Waals surface area (Å²) in [6.07, 6.45) is 3.62. The van der Waals surface area contributed by atoms with Crippen molar-refractivity contribution in [3.8, 4) is 0 Å². The summed E-state index contributed by atoms with van der Waals surface area (Å²) >= 11 is 1.72. The number of benzene rings is 1. The monoisotopic (exact) mass is 208 g/mol. The third kappa shape index (κ3) is 2.88. The Kier molecular flexibility index (Phi) is 4.21. The van der Waals surface area contributed by atoms with Crippen LogP contribution in [0.25, 0.3) is 0 Å². The van der Waals surface area contributed by atoms with Crippen molar-refractivity contribution < 1.29 is 4.79 Å². The number of thioether (sulfide) groups is 1. The van der Waals surface area contributed by atoms with Gasteiger partial charge in [0.15, 0.2) is 0 Å². The Balaban J connectivity index is 3.01. The van der Waals surface area contributed by atoms with E-state index in [4.69, 9.17) is 0 Å². The molecular formula is C12H16OS. The van der Waals surface area contributed by atoms with E-state index in [1.54, 1.807) is 18.7 Å². The molecule has 0 heterocycles. The van der Waals surface area contributed by atoms with Gasteiger partial charge in [0.1, 0.15) is 5.78 Å². The molecule has 0 bridgehead atoms. The molecule has 1 rings (SSSR count). The van der Waals surface area contributed by atoms with Gasteiger partial charge < -0.3 is 0 Å². The van der Waals surface area contributed by atoms with Gasteiger partial charge in [0, 0.05) is 11.3 Å². The second-order valence-electron chi connectivity index (χ2n) is 3.37. The van der Waals surface area contributed by atoms with Gasteiger partial charge in [-0.05, 0) is 42.9 Å². The number of aryl methyl sites for hydroxylation is 1. The van der Waals surface area contributed by atoms with Gasteiger partial charge in [0.25, 0.3) is 0 Å². The molecule has 76 valence electrons. The van der Waals surface area contributed by atoms with Gasteiger partial charge in [-0.25, -0.2) is 0 Å². The van der Waals surface area contributed by atoms with Gasteiger partial charge in [-0.1, -0.05) is 13.0 Å². The van der Waals surface area contributed by atoms with Crippen LogP contribution >= 0.6 is 11.8 Å². The van der Waals surface area contributed by atoms with Crippen LogP contribution in [0, 0.1) is 0 Å². The maximum atomic E-state index is 11.1. The SMILES string of the molecule is CCc1ccc(SC)cc1CC(C)=O. The third-order valence-electron chi connectivity index (χ3n) is 2.23. The normalized spacial score (nSPS) is 10.2. The summed E-state index contributed by atoms with van der Waals surface area (Å²) in [5.74, 6) is 0.234. The number of Topliss-reactive ketones (excluding diaryl/α,β-unsaturated/α-hetero) is 1. The van der Waals surface area contributed by atoms with E-state index < -0.39 is 0 Å². The molecular weight excluding hydrogens is 192 g/mol. The lowest BCUT2D eigenvalue weighted by Gasteiger charge is -2.07. The van der Waals surface area contributed by atoms with E-state index in [0.29, 0.717) is 6.42 Å². The van der Waals surface area contributed by atoms with Crippen molar-refractivity contribution in [1.29, 1.82) is 0 Å². The van der Waals surface area contributed by atoms with Crippen LogP contribution in [-0.2, 0) is 17.6 Å². The molecule has 14 heavy (non-hydrogen) atoms. The summed E-state index contributed by atoms with van der Waals surface area (Å²) in [5, 5.41) is 0. The van der Waals surface area contributed by atoms with E-state index in [-0.39, 0.29) is 5.78 Å². The average Bonchev–Trinajstić information content (AvgIpc) is 2.16. The molecule has 1 aromatic rings. The van der Waals surface area contributed by atoms with Crippen LogP contribution in [-0.4, -0.2) is 12.0 Å². The lowest BCUT2D eigenvalue weighted by atomic mass is 10.0. The Morgan fingerprint density at radius 2 is 2.07 bits per heavy atom. The van der Waals surface area contributed by atoms with Crippen LogP contribution < -0.4 is 0 Å². The predicted octanol–water partition coefficient (Wildman–Crippen LogP) is 3.10. The van der Waals surface area contributed by atoms with Crippen molar-refractivity contribution in [1.82, 2.24) is 0 Å². The summed E-state index contributed by atoms with van der Waals surface area (Å²) in [4.78, 5) is 12.3.